The number of pyridine rings is 1. The van der Waals surface area contributed by atoms with Gasteiger partial charge in [0.15, 0.2) is 0 Å². The Bertz CT molecular complexity index is 1750. The van der Waals surface area contributed by atoms with E-state index in [1.165, 1.54) is 16.3 Å². The van der Waals surface area contributed by atoms with Crippen LogP contribution >= 0.6 is 0 Å². The summed E-state index contributed by atoms with van der Waals surface area (Å²) in [6.07, 6.45) is 7.26. The van der Waals surface area contributed by atoms with Crippen molar-refractivity contribution in [3.05, 3.63) is 109 Å². The maximum absolute atomic E-state index is 6.55. The molecule has 5 heteroatoms. The first-order valence-electron chi connectivity index (χ1n) is 12.5. The highest BCUT2D eigenvalue weighted by molar-refractivity contribution is 6.09. The zero-order valence-electron chi connectivity index (χ0n) is 21.9. The Morgan fingerprint density at radius 2 is 1.62 bits per heavy atom. The zero-order chi connectivity index (χ0) is 25.7. The smallest absolute Gasteiger partial charge is 0.243 e. The molecule has 0 radical (unpaired) electrons. The molecule has 5 nitrogen and oxygen atoms in total. The summed E-state index contributed by atoms with van der Waals surface area (Å²) in [5, 5.41) is 2.36. The molecule has 3 heterocycles. The van der Waals surface area contributed by atoms with Gasteiger partial charge in [-0.15, -0.1) is 0 Å². The molecule has 0 fully saturated rings. The molecular weight excluding hydrogens is 456 g/mol. The summed E-state index contributed by atoms with van der Waals surface area (Å²) in [4.78, 5) is 4.64. The molecule has 0 saturated heterocycles. The number of nitrogens with zero attached hydrogens (tertiary/aromatic N) is 4. The van der Waals surface area contributed by atoms with Gasteiger partial charge in [0.1, 0.15) is 17.3 Å². The van der Waals surface area contributed by atoms with E-state index in [1.807, 2.05) is 42.1 Å². The summed E-state index contributed by atoms with van der Waals surface area (Å²) in [5.74, 6) is 2.46. The molecular formula is C32H30N4O. The van der Waals surface area contributed by atoms with Crippen LogP contribution in [0.15, 0.2) is 91.3 Å². The Kier molecular flexibility index (Phi) is 5.37. The molecule has 0 saturated carbocycles. The van der Waals surface area contributed by atoms with Crippen LogP contribution in [0.25, 0.3) is 33.3 Å². The summed E-state index contributed by atoms with van der Waals surface area (Å²) in [7, 11) is 1.99. The monoisotopic (exact) mass is 486 g/mol. The van der Waals surface area contributed by atoms with E-state index >= 15 is 0 Å². The molecule has 0 aliphatic carbocycles. The van der Waals surface area contributed by atoms with Gasteiger partial charge in [-0.3, -0.25) is 4.57 Å². The average Bonchev–Trinajstić information content (AvgIpc) is 3.39. The van der Waals surface area contributed by atoms with Crippen LogP contribution in [-0.2, 0) is 12.5 Å². The predicted octanol–water partition coefficient (Wildman–Crippen LogP) is 6.99. The van der Waals surface area contributed by atoms with Crippen molar-refractivity contribution in [2.24, 2.45) is 7.05 Å². The number of imidazole rings is 1. The van der Waals surface area contributed by atoms with Crippen LogP contribution in [0.1, 0.15) is 32.0 Å². The third kappa shape index (κ3) is 4.16. The van der Waals surface area contributed by atoms with Gasteiger partial charge in [-0.05, 0) is 60.4 Å². The van der Waals surface area contributed by atoms with Crippen molar-refractivity contribution in [3.8, 4) is 23.0 Å². The van der Waals surface area contributed by atoms with E-state index < -0.39 is 0 Å². The highest BCUT2D eigenvalue weighted by atomic mass is 16.5. The van der Waals surface area contributed by atoms with Crippen LogP contribution in [-0.4, -0.2) is 14.1 Å². The van der Waals surface area contributed by atoms with Crippen molar-refractivity contribution in [2.45, 2.75) is 33.1 Å². The summed E-state index contributed by atoms with van der Waals surface area (Å²) in [6.45, 7) is 8.75. The van der Waals surface area contributed by atoms with Gasteiger partial charge in [0.25, 0.3) is 0 Å². The van der Waals surface area contributed by atoms with E-state index in [-0.39, 0.29) is 5.41 Å². The number of aryl methyl sites for hydroxylation is 2. The fourth-order valence-electron chi connectivity index (χ4n) is 4.95. The van der Waals surface area contributed by atoms with E-state index in [0.29, 0.717) is 0 Å². The van der Waals surface area contributed by atoms with Crippen LogP contribution in [0.4, 0.5) is 0 Å². The fourth-order valence-corrected chi connectivity index (χ4v) is 4.95. The topological polar surface area (TPSA) is 35.9 Å². The molecule has 0 N–H and O–H groups in total. The van der Waals surface area contributed by atoms with Gasteiger partial charge in [0.2, 0.25) is 6.33 Å². The second-order valence-electron chi connectivity index (χ2n) is 10.6. The van der Waals surface area contributed by atoms with Gasteiger partial charge in [-0.2, -0.15) is 0 Å². The Labute approximate surface area is 217 Å². The largest absolute Gasteiger partial charge is 0.458 e. The lowest BCUT2D eigenvalue weighted by Crippen LogP contribution is -2.24. The van der Waals surface area contributed by atoms with Gasteiger partial charge in [0.05, 0.1) is 23.8 Å². The number of ether oxygens (including phenoxy) is 1. The van der Waals surface area contributed by atoms with Gasteiger partial charge in [-0.25, -0.2) is 4.98 Å². The summed E-state index contributed by atoms with van der Waals surface area (Å²) >= 11 is 0. The molecule has 0 amide bonds. The van der Waals surface area contributed by atoms with E-state index in [4.69, 9.17) is 4.74 Å². The molecule has 0 aliphatic heterocycles. The highest BCUT2D eigenvalue weighted by Gasteiger charge is 2.18. The first-order chi connectivity index (χ1) is 17.8. The SMILES string of the molecule is Cc1c[n+](C)[c-]n1-c1cc(Oc2ccc3c4ccccc4n(-c4ccccn4)c3c2)cc(C(C)(C)C)c1. The first-order valence-corrected chi connectivity index (χ1v) is 12.5. The molecule has 6 rings (SSSR count). The van der Waals surface area contributed by atoms with E-state index in [9.17, 15) is 0 Å². The molecule has 3 aromatic heterocycles. The Morgan fingerprint density at radius 1 is 0.838 bits per heavy atom. The number of aromatic nitrogens is 4. The van der Waals surface area contributed by atoms with Crippen molar-refractivity contribution < 1.29 is 9.30 Å². The molecule has 0 spiro atoms. The van der Waals surface area contributed by atoms with Crippen LogP contribution in [0.5, 0.6) is 11.5 Å². The fraction of sp³-hybridized carbons (Fsp3) is 0.188. The summed E-state index contributed by atoms with van der Waals surface area (Å²) in [5.41, 5.74) is 5.49. The van der Waals surface area contributed by atoms with E-state index in [0.717, 1.165) is 39.7 Å². The molecule has 37 heavy (non-hydrogen) atoms. The average molecular weight is 487 g/mol. The van der Waals surface area contributed by atoms with Crippen LogP contribution < -0.4 is 9.30 Å². The minimum Gasteiger partial charge on any atom is -0.458 e. The zero-order valence-corrected chi connectivity index (χ0v) is 21.9. The second-order valence-corrected chi connectivity index (χ2v) is 10.6. The van der Waals surface area contributed by atoms with Crippen LogP contribution in [0.3, 0.4) is 0 Å². The van der Waals surface area contributed by atoms with Gasteiger partial charge >= 0.3 is 0 Å². The maximum Gasteiger partial charge on any atom is 0.243 e. The van der Waals surface area contributed by atoms with Gasteiger partial charge < -0.3 is 13.9 Å². The molecule has 6 aromatic rings. The Morgan fingerprint density at radius 3 is 2.35 bits per heavy atom. The first kappa shape index (κ1) is 23.0. The minimum atomic E-state index is -0.0350. The number of benzene rings is 3. The Hall–Kier alpha value is -4.38. The van der Waals surface area contributed by atoms with Crippen LogP contribution in [0, 0.1) is 13.3 Å². The van der Waals surface area contributed by atoms with Crippen LogP contribution in [0.2, 0.25) is 0 Å². The number of rotatable bonds is 4. The lowest BCUT2D eigenvalue weighted by atomic mass is 9.86. The maximum atomic E-state index is 6.55. The standard InChI is InChI=1S/C32H30N4O/c1-22-20-34(5)21-35(22)24-16-23(32(2,3)4)17-26(18-24)37-25-13-14-28-27-10-6-7-11-29(27)36(30(28)19-25)31-12-8-9-15-33-31/h6-20H,1-5H3. The molecule has 0 atom stereocenters. The third-order valence-corrected chi connectivity index (χ3v) is 6.77. The van der Waals surface area contributed by atoms with Crippen molar-refractivity contribution in [3.63, 3.8) is 0 Å². The third-order valence-electron chi connectivity index (χ3n) is 6.77. The number of fused-ring (bicyclic) bond motifs is 3. The normalized spacial score (nSPS) is 11.9. The van der Waals surface area contributed by atoms with Gasteiger partial charge in [-0.1, -0.05) is 51.1 Å². The molecule has 3 aromatic carbocycles. The molecule has 0 bridgehead atoms. The second kappa shape index (κ2) is 8.63. The minimum absolute atomic E-state index is 0.0350. The highest BCUT2D eigenvalue weighted by Crippen LogP contribution is 2.36. The summed E-state index contributed by atoms with van der Waals surface area (Å²) < 4.78 is 12.8. The quantitative estimate of drug-likeness (QED) is 0.199. The lowest BCUT2D eigenvalue weighted by Gasteiger charge is -2.22. The number of hydrogen-bond acceptors (Lipinski definition) is 2. The summed E-state index contributed by atoms with van der Waals surface area (Å²) in [6, 6.07) is 27.2. The van der Waals surface area contributed by atoms with E-state index in [2.05, 4.69) is 109 Å². The van der Waals surface area contributed by atoms with Gasteiger partial charge in [0, 0.05) is 34.9 Å². The lowest BCUT2D eigenvalue weighted by molar-refractivity contribution is -0.675. The molecule has 184 valence electrons. The van der Waals surface area contributed by atoms with Crippen molar-refractivity contribution in [2.75, 3.05) is 0 Å². The number of hydrogen-bond donors (Lipinski definition) is 0. The van der Waals surface area contributed by atoms with E-state index in [1.54, 1.807) is 0 Å². The van der Waals surface area contributed by atoms with Crippen molar-refractivity contribution in [1.82, 2.24) is 14.1 Å². The Balaban J connectivity index is 1.50. The molecule has 0 aliphatic rings. The predicted molar refractivity (Wildman–Crippen MR) is 148 cm³/mol. The molecule has 0 unspecified atom stereocenters. The van der Waals surface area contributed by atoms with Crippen molar-refractivity contribution >= 4 is 21.8 Å². The number of para-hydroxylation sites is 1. The van der Waals surface area contributed by atoms with Crippen molar-refractivity contribution in [1.29, 1.82) is 0 Å².